The number of nitrogens with zero attached hydrogens (tertiary/aromatic N) is 4. The molecule has 5 rings (SSSR count). The summed E-state index contributed by atoms with van der Waals surface area (Å²) in [6.45, 7) is 3.48. The van der Waals surface area contributed by atoms with Crippen LogP contribution in [0.5, 0.6) is 0 Å². The molecule has 0 aliphatic carbocycles. The van der Waals surface area contributed by atoms with E-state index in [1.54, 1.807) is 11.0 Å². The van der Waals surface area contributed by atoms with Crippen LogP contribution >= 0.6 is 11.6 Å². The first-order valence-corrected chi connectivity index (χ1v) is 11.6. The molecule has 9 nitrogen and oxygen atoms in total. The van der Waals surface area contributed by atoms with Crippen molar-refractivity contribution < 1.29 is 14.4 Å². The maximum absolute atomic E-state index is 13.1. The van der Waals surface area contributed by atoms with Gasteiger partial charge in [0.25, 0.3) is 5.91 Å². The zero-order valence-corrected chi connectivity index (χ0v) is 18.8. The minimum atomic E-state index is -0.616. The molecule has 2 saturated heterocycles. The molecule has 2 atom stereocenters. The summed E-state index contributed by atoms with van der Waals surface area (Å²) in [7, 11) is 0. The molecule has 0 spiro atoms. The van der Waals surface area contributed by atoms with Gasteiger partial charge in [-0.25, -0.2) is 0 Å². The van der Waals surface area contributed by atoms with Crippen molar-refractivity contribution in [3.8, 4) is 0 Å². The fourth-order valence-corrected chi connectivity index (χ4v) is 5.02. The maximum atomic E-state index is 13.1. The monoisotopic (exact) mass is 468 g/mol. The molecule has 10 heteroatoms. The van der Waals surface area contributed by atoms with E-state index in [0.29, 0.717) is 42.8 Å². The summed E-state index contributed by atoms with van der Waals surface area (Å²) in [4.78, 5) is 41.0. The second-order valence-electron chi connectivity index (χ2n) is 8.74. The summed E-state index contributed by atoms with van der Waals surface area (Å²) in [6.07, 6.45) is 1.63. The second kappa shape index (κ2) is 9.17. The van der Waals surface area contributed by atoms with Gasteiger partial charge < -0.3 is 10.2 Å². The highest BCUT2D eigenvalue weighted by Gasteiger charge is 2.40. The first-order chi connectivity index (χ1) is 16.0. The van der Waals surface area contributed by atoms with Crippen LogP contribution in [0.25, 0.3) is 0 Å². The number of imide groups is 1. The van der Waals surface area contributed by atoms with Gasteiger partial charge in [-0.15, -0.1) is 5.10 Å². The highest BCUT2D eigenvalue weighted by Crippen LogP contribution is 2.31. The minimum Gasteiger partial charge on any atom is -0.322 e. The van der Waals surface area contributed by atoms with Crippen LogP contribution in [0.4, 0.5) is 0 Å². The van der Waals surface area contributed by atoms with Crippen molar-refractivity contribution in [3.05, 3.63) is 57.9 Å². The number of amides is 3. The van der Waals surface area contributed by atoms with Crippen LogP contribution in [0, 0.1) is 0 Å². The molecule has 3 amide bonds. The fourth-order valence-electron chi connectivity index (χ4n) is 4.92. The van der Waals surface area contributed by atoms with Gasteiger partial charge in [0.2, 0.25) is 11.8 Å². The van der Waals surface area contributed by atoms with E-state index in [0.717, 1.165) is 36.3 Å². The predicted molar refractivity (Wildman–Crippen MR) is 120 cm³/mol. The van der Waals surface area contributed by atoms with Gasteiger partial charge in [0, 0.05) is 44.2 Å². The van der Waals surface area contributed by atoms with Crippen LogP contribution in [0.3, 0.4) is 0 Å². The summed E-state index contributed by atoms with van der Waals surface area (Å²) >= 11 is 5.90. The van der Waals surface area contributed by atoms with Gasteiger partial charge in [0.1, 0.15) is 6.04 Å². The average Bonchev–Trinajstić information content (AvgIpc) is 3.44. The number of hydrogen-bond acceptors (Lipinski definition) is 7. The largest absolute Gasteiger partial charge is 0.322 e. The molecule has 2 N–H and O–H groups in total. The molecule has 172 valence electrons. The fraction of sp³-hybridized carbons (Fsp3) is 0.435. The summed E-state index contributed by atoms with van der Waals surface area (Å²) in [5.74, 6) is -0.833. The van der Waals surface area contributed by atoms with Crippen LogP contribution in [0.2, 0.25) is 5.15 Å². The first kappa shape index (κ1) is 21.9. The molecular formula is C23H25ClN6O3. The van der Waals surface area contributed by atoms with E-state index in [4.69, 9.17) is 11.6 Å². The Morgan fingerprint density at radius 1 is 1.09 bits per heavy atom. The van der Waals surface area contributed by atoms with E-state index in [1.807, 2.05) is 24.3 Å². The van der Waals surface area contributed by atoms with Gasteiger partial charge in [0.05, 0.1) is 5.69 Å². The Kier molecular flexibility index (Phi) is 6.09. The van der Waals surface area contributed by atoms with Gasteiger partial charge in [-0.1, -0.05) is 23.7 Å². The molecule has 2 unspecified atom stereocenters. The Hall–Kier alpha value is -2.88. The average molecular weight is 469 g/mol. The SMILES string of the molecule is O=C1CCC(N2Cc3c(CN(Cc4ccc(Cl)nn4)C4CCNC4)cccc3C2=O)C(=O)N1. The lowest BCUT2D eigenvalue weighted by Crippen LogP contribution is -2.52. The number of nitrogens with one attached hydrogen (secondary N) is 2. The standard InChI is InChI=1S/C23H25ClN6O3/c24-20-6-4-15(27-28-20)12-29(16-8-9-25-10-16)11-14-2-1-3-17-18(14)13-30(23(17)33)19-5-7-21(31)26-22(19)32/h1-4,6,16,19,25H,5,7-13H2,(H,26,31,32). The second-order valence-corrected chi connectivity index (χ2v) is 9.13. The smallest absolute Gasteiger partial charge is 0.255 e. The topological polar surface area (TPSA) is 108 Å². The third-order valence-electron chi connectivity index (χ3n) is 6.66. The highest BCUT2D eigenvalue weighted by atomic mass is 35.5. The van der Waals surface area contributed by atoms with Crippen LogP contribution in [-0.4, -0.2) is 62.9 Å². The summed E-state index contributed by atoms with van der Waals surface area (Å²) in [6, 6.07) is 9.10. The number of carbonyl (C=O) groups is 3. The normalized spacial score (nSPS) is 22.7. The lowest BCUT2D eigenvalue weighted by atomic mass is 10.0. The Morgan fingerprint density at radius 3 is 2.70 bits per heavy atom. The van der Waals surface area contributed by atoms with Gasteiger partial charge in [-0.05, 0) is 48.7 Å². The third-order valence-corrected chi connectivity index (χ3v) is 6.86. The number of aromatic nitrogens is 2. The molecule has 3 aliphatic heterocycles. The molecule has 2 fully saturated rings. The van der Waals surface area contributed by atoms with Gasteiger partial charge in [-0.3, -0.25) is 24.6 Å². The molecule has 1 aromatic heterocycles. The number of benzene rings is 1. The van der Waals surface area contributed by atoms with E-state index in [-0.39, 0.29) is 18.2 Å². The van der Waals surface area contributed by atoms with Crippen LogP contribution in [0.1, 0.15) is 46.4 Å². The predicted octanol–water partition coefficient (Wildman–Crippen LogP) is 1.26. The van der Waals surface area contributed by atoms with Crippen molar-refractivity contribution >= 4 is 29.3 Å². The molecule has 0 radical (unpaired) electrons. The molecule has 1 aromatic carbocycles. The van der Waals surface area contributed by atoms with Gasteiger partial charge >= 0.3 is 0 Å². The zero-order valence-electron chi connectivity index (χ0n) is 18.1. The third kappa shape index (κ3) is 4.48. The molecule has 0 saturated carbocycles. The molecular weight excluding hydrogens is 444 g/mol. The van der Waals surface area contributed by atoms with Crippen molar-refractivity contribution in [1.82, 2.24) is 30.6 Å². The molecule has 0 bridgehead atoms. The Bertz CT molecular complexity index is 1090. The van der Waals surface area contributed by atoms with Gasteiger partial charge in [0.15, 0.2) is 5.15 Å². The number of rotatable bonds is 6. The molecule has 2 aromatic rings. The van der Waals surface area contributed by atoms with Gasteiger partial charge in [-0.2, -0.15) is 5.10 Å². The summed E-state index contributed by atoms with van der Waals surface area (Å²) in [5, 5.41) is 14.3. The van der Waals surface area contributed by atoms with Crippen molar-refractivity contribution in [3.63, 3.8) is 0 Å². The Balaban J connectivity index is 1.39. The zero-order chi connectivity index (χ0) is 22.9. The Morgan fingerprint density at radius 2 is 1.97 bits per heavy atom. The molecule has 33 heavy (non-hydrogen) atoms. The lowest BCUT2D eigenvalue weighted by Gasteiger charge is -2.30. The number of piperidine rings is 1. The van der Waals surface area contributed by atoms with Crippen molar-refractivity contribution in [2.75, 3.05) is 13.1 Å². The van der Waals surface area contributed by atoms with Crippen molar-refractivity contribution in [2.45, 2.75) is 51.0 Å². The number of halogens is 1. The first-order valence-electron chi connectivity index (χ1n) is 11.2. The molecule has 3 aliphatic rings. The van der Waals surface area contributed by atoms with E-state index in [1.165, 1.54) is 0 Å². The number of fused-ring (bicyclic) bond motifs is 1. The quantitative estimate of drug-likeness (QED) is 0.614. The van der Waals surface area contributed by atoms with E-state index < -0.39 is 11.9 Å². The van der Waals surface area contributed by atoms with Crippen molar-refractivity contribution in [1.29, 1.82) is 0 Å². The molecule has 4 heterocycles. The number of hydrogen-bond donors (Lipinski definition) is 2. The van der Waals surface area contributed by atoms with Crippen LogP contribution in [-0.2, 0) is 29.2 Å². The van der Waals surface area contributed by atoms with Crippen LogP contribution in [0.15, 0.2) is 30.3 Å². The van der Waals surface area contributed by atoms with E-state index in [9.17, 15) is 14.4 Å². The highest BCUT2D eigenvalue weighted by molar-refractivity contribution is 6.29. The van der Waals surface area contributed by atoms with E-state index >= 15 is 0 Å². The summed E-state index contributed by atoms with van der Waals surface area (Å²) in [5.41, 5.74) is 3.47. The number of carbonyl (C=O) groups excluding carboxylic acids is 3. The Labute approximate surface area is 196 Å². The van der Waals surface area contributed by atoms with Crippen molar-refractivity contribution in [2.24, 2.45) is 0 Å². The minimum absolute atomic E-state index is 0.154. The van der Waals surface area contributed by atoms with Crippen LogP contribution < -0.4 is 10.6 Å². The summed E-state index contributed by atoms with van der Waals surface area (Å²) < 4.78 is 0. The van der Waals surface area contributed by atoms with E-state index in [2.05, 4.69) is 25.7 Å². The maximum Gasteiger partial charge on any atom is 0.255 e. The lowest BCUT2D eigenvalue weighted by molar-refractivity contribution is -0.136.